The molecule has 1 aromatic carbocycles. The first kappa shape index (κ1) is 16.2. The Hall–Kier alpha value is -0.870. The first-order chi connectivity index (χ1) is 9.04. The van der Waals surface area contributed by atoms with E-state index in [0.717, 1.165) is 22.9 Å². The largest absolute Gasteiger partial charge is 0.353 e. The van der Waals surface area contributed by atoms with Crippen LogP contribution in [-0.2, 0) is 4.79 Å². The van der Waals surface area contributed by atoms with Crippen molar-refractivity contribution in [2.75, 3.05) is 6.54 Å². The van der Waals surface area contributed by atoms with Gasteiger partial charge in [0.15, 0.2) is 0 Å². The fourth-order valence-electron chi connectivity index (χ4n) is 2.01. The average Bonchev–Trinajstić information content (AvgIpc) is 2.36. The average molecular weight is 327 g/mol. The zero-order valence-electron chi connectivity index (χ0n) is 11.9. The molecule has 2 atom stereocenters. The minimum atomic E-state index is 0.0554. The van der Waals surface area contributed by atoms with Crippen LogP contribution < -0.4 is 10.6 Å². The Labute approximate surface area is 124 Å². The summed E-state index contributed by atoms with van der Waals surface area (Å²) in [5.41, 5.74) is 1.16. The molecule has 0 radical (unpaired) electrons. The van der Waals surface area contributed by atoms with E-state index in [4.69, 9.17) is 0 Å². The third-order valence-electron chi connectivity index (χ3n) is 3.07. The van der Waals surface area contributed by atoms with E-state index >= 15 is 0 Å². The third kappa shape index (κ3) is 5.74. The maximum absolute atomic E-state index is 11.8. The van der Waals surface area contributed by atoms with Crippen LogP contribution in [0.1, 0.15) is 45.2 Å². The van der Waals surface area contributed by atoms with Crippen molar-refractivity contribution in [2.24, 2.45) is 0 Å². The van der Waals surface area contributed by atoms with Crippen LogP contribution in [0.4, 0.5) is 0 Å². The van der Waals surface area contributed by atoms with E-state index in [-0.39, 0.29) is 18.0 Å². The highest BCUT2D eigenvalue weighted by Gasteiger charge is 2.11. The fraction of sp³-hybridized carbons (Fsp3) is 0.533. The molecule has 19 heavy (non-hydrogen) atoms. The van der Waals surface area contributed by atoms with Crippen molar-refractivity contribution in [2.45, 2.75) is 45.7 Å². The molecule has 0 bridgehead atoms. The Balaban J connectivity index is 2.40. The summed E-state index contributed by atoms with van der Waals surface area (Å²) in [7, 11) is 0. The standard InChI is InChI=1S/C15H23BrN2O/c1-4-7-11(2)18-15(19)10-17-12(3)13-8-5-6-9-14(13)16/h5-6,8-9,11-12,17H,4,7,10H2,1-3H3,(H,18,19)/t11?,12-/m1/s1. The fourth-order valence-corrected chi connectivity index (χ4v) is 2.64. The molecule has 1 amide bonds. The number of carbonyl (C=O) groups is 1. The molecule has 0 heterocycles. The number of hydrogen-bond acceptors (Lipinski definition) is 2. The van der Waals surface area contributed by atoms with Crippen LogP contribution in [-0.4, -0.2) is 18.5 Å². The highest BCUT2D eigenvalue weighted by Crippen LogP contribution is 2.22. The lowest BCUT2D eigenvalue weighted by atomic mass is 10.1. The van der Waals surface area contributed by atoms with Gasteiger partial charge in [0.05, 0.1) is 6.54 Å². The second-order valence-electron chi connectivity index (χ2n) is 4.88. The SMILES string of the molecule is CCCC(C)NC(=O)CN[C@H](C)c1ccccc1Br. The van der Waals surface area contributed by atoms with Gasteiger partial charge in [0.1, 0.15) is 0 Å². The predicted octanol–water partition coefficient (Wildman–Crippen LogP) is 3.40. The maximum atomic E-state index is 11.8. The lowest BCUT2D eigenvalue weighted by Crippen LogP contribution is -2.39. The van der Waals surface area contributed by atoms with Gasteiger partial charge in [-0.1, -0.05) is 47.5 Å². The monoisotopic (exact) mass is 326 g/mol. The lowest BCUT2D eigenvalue weighted by Gasteiger charge is -2.17. The summed E-state index contributed by atoms with van der Waals surface area (Å²) in [6.07, 6.45) is 2.10. The number of amides is 1. The Bertz CT molecular complexity index is 409. The number of benzene rings is 1. The highest BCUT2D eigenvalue weighted by molar-refractivity contribution is 9.10. The highest BCUT2D eigenvalue weighted by atomic mass is 79.9. The van der Waals surface area contributed by atoms with Gasteiger partial charge in [0.2, 0.25) is 5.91 Å². The maximum Gasteiger partial charge on any atom is 0.234 e. The van der Waals surface area contributed by atoms with Gasteiger partial charge in [0, 0.05) is 16.6 Å². The van der Waals surface area contributed by atoms with E-state index in [2.05, 4.69) is 46.5 Å². The first-order valence-corrected chi connectivity index (χ1v) is 7.61. The van der Waals surface area contributed by atoms with Crippen LogP contribution in [0.2, 0.25) is 0 Å². The van der Waals surface area contributed by atoms with Gasteiger partial charge in [-0.25, -0.2) is 0 Å². The minimum Gasteiger partial charge on any atom is -0.353 e. The van der Waals surface area contributed by atoms with E-state index < -0.39 is 0 Å². The van der Waals surface area contributed by atoms with Gasteiger partial charge < -0.3 is 10.6 Å². The topological polar surface area (TPSA) is 41.1 Å². The molecule has 0 saturated heterocycles. The third-order valence-corrected chi connectivity index (χ3v) is 3.79. The van der Waals surface area contributed by atoms with Crippen molar-refractivity contribution in [3.63, 3.8) is 0 Å². The number of carbonyl (C=O) groups excluding carboxylic acids is 1. The summed E-state index contributed by atoms with van der Waals surface area (Å²) >= 11 is 3.52. The number of rotatable bonds is 7. The molecule has 0 spiro atoms. The van der Waals surface area contributed by atoms with Gasteiger partial charge in [-0.3, -0.25) is 4.79 Å². The van der Waals surface area contributed by atoms with E-state index in [0.29, 0.717) is 6.54 Å². The number of nitrogens with one attached hydrogen (secondary N) is 2. The molecule has 0 aliphatic rings. The molecule has 0 aromatic heterocycles. The van der Waals surface area contributed by atoms with Crippen LogP contribution in [0.25, 0.3) is 0 Å². The molecule has 106 valence electrons. The zero-order valence-corrected chi connectivity index (χ0v) is 13.5. The summed E-state index contributed by atoms with van der Waals surface area (Å²) in [5.74, 6) is 0.0554. The van der Waals surface area contributed by atoms with Crippen molar-refractivity contribution in [1.29, 1.82) is 0 Å². The Morgan fingerprint density at radius 3 is 2.63 bits per heavy atom. The second kappa shape index (κ2) is 8.33. The van der Waals surface area contributed by atoms with Gasteiger partial charge in [0.25, 0.3) is 0 Å². The van der Waals surface area contributed by atoms with E-state index in [1.54, 1.807) is 0 Å². The molecule has 0 aliphatic carbocycles. The normalized spacial score (nSPS) is 13.9. The van der Waals surface area contributed by atoms with Gasteiger partial charge in [-0.2, -0.15) is 0 Å². The Kier molecular flexibility index (Phi) is 7.10. The molecule has 3 nitrogen and oxygen atoms in total. The van der Waals surface area contributed by atoms with Crippen molar-refractivity contribution in [3.05, 3.63) is 34.3 Å². The van der Waals surface area contributed by atoms with Crippen LogP contribution in [0.3, 0.4) is 0 Å². The van der Waals surface area contributed by atoms with Crippen molar-refractivity contribution in [3.8, 4) is 0 Å². The quantitative estimate of drug-likeness (QED) is 0.806. The van der Waals surface area contributed by atoms with Crippen LogP contribution in [0.5, 0.6) is 0 Å². The predicted molar refractivity (Wildman–Crippen MR) is 83.1 cm³/mol. The molecule has 4 heteroatoms. The minimum absolute atomic E-state index is 0.0554. The van der Waals surface area contributed by atoms with Gasteiger partial charge >= 0.3 is 0 Å². The van der Waals surface area contributed by atoms with E-state index in [1.165, 1.54) is 0 Å². The van der Waals surface area contributed by atoms with Crippen LogP contribution in [0, 0.1) is 0 Å². The van der Waals surface area contributed by atoms with Crippen LogP contribution in [0.15, 0.2) is 28.7 Å². The second-order valence-corrected chi connectivity index (χ2v) is 5.74. The summed E-state index contributed by atoms with van der Waals surface area (Å²) in [6, 6.07) is 8.44. The summed E-state index contributed by atoms with van der Waals surface area (Å²) in [4.78, 5) is 11.8. The molecule has 0 fully saturated rings. The Morgan fingerprint density at radius 2 is 2.00 bits per heavy atom. The summed E-state index contributed by atoms with van der Waals surface area (Å²) in [5, 5.41) is 6.23. The van der Waals surface area contributed by atoms with Crippen molar-refractivity contribution in [1.82, 2.24) is 10.6 Å². The zero-order chi connectivity index (χ0) is 14.3. The molecule has 1 rings (SSSR count). The number of hydrogen-bond donors (Lipinski definition) is 2. The van der Waals surface area contributed by atoms with Crippen molar-refractivity contribution >= 4 is 21.8 Å². The van der Waals surface area contributed by atoms with Crippen molar-refractivity contribution < 1.29 is 4.79 Å². The Morgan fingerprint density at radius 1 is 1.32 bits per heavy atom. The molecular weight excluding hydrogens is 304 g/mol. The molecule has 1 aromatic rings. The van der Waals surface area contributed by atoms with E-state index in [1.807, 2.05) is 25.1 Å². The summed E-state index contributed by atoms with van der Waals surface area (Å²) < 4.78 is 1.06. The van der Waals surface area contributed by atoms with E-state index in [9.17, 15) is 4.79 Å². The molecular formula is C15H23BrN2O. The summed E-state index contributed by atoms with van der Waals surface area (Å²) in [6.45, 7) is 6.56. The molecule has 0 aliphatic heterocycles. The smallest absolute Gasteiger partial charge is 0.234 e. The molecule has 0 saturated carbocycles. The first-order valence-electron chi connectivity index (χ1n) is 6.81. The number of halogens is 1. The van der Waals surface area contributed by atoms with Crippen LogP contribution >= 0.6 is 15.9 Å². The van der Waals surface area contributed by atoms with Gasteiger partial charge in [-0.05, 0) is 31.9 Å². The van der Waals surface area contributed by atoms with Gasteiger partial charge in [-0.15, -0.1) is 0 Å². The molecule has 2 N–H and O–H groups in total. The molecule has 1 unspecified atom stereocenters. The lowest BCUT2D eigenvalue weighted by molar-refractivity contribution is -0.121.